The quantitative estimate of drug-likeness (QED) is 0.788. The van der Waals surface area contributed by atoms with Gasteiger partial charge in [0.1, 0.15) is 5.75 Å². The number of hydrogen-bond acceptors (Lipinski definition) is 2. The van der Waals surface area contributed by atoms with Crippen LogP contribution in [0.15, 0.2) is 54.7 Å². The second kappa shape index (κ2) is 6.04. The molecule has 1 N–H and O–H groups in total. The van der Waals surface area contributed by atoms with E-state index in [1.807, 2.05) is 47.5 Å². The van der Waals surface area contributed by atoms with Gasteiger partial charge in [-0.2, -0.15) is 0 Å². The molecular formula is C20H20N2O2. The van der Waals surface area contributed by atoms with Gasteiger partial charge in [0, 0.05) is 35.6 Å². The molecule has 1 fully saturated rings. The third-order valence-corrected chi connectivity index (χ3v) is 4.80. The molecule has 2 heterocycles. The number of aromatic nitrogens is 1. The summed E-state index contributed by atoms with van der Waals surface area (Å²) in [4.78, 5) is 17.8. The highest BCUT2D eigenvalue weighted by atomic mass is 16.5. The van der Waals surface area contributed by atoms with Gasteiger partial charge < -0.3 is 14.6 Å². The van der Waals surface area contributed by atoms with Crippen LogP contribution in [0.3, 0.4) is 0 Å². The third kappa shape index (κ3) is 2.54. The molecule has 0 saturated carbocycles. The van der Waals surface area contributed by atoms with Crippen molar-refractivity contribution in [2.24, 2.45) is 0 Å². The predicted octanol–water partition coefficient (Wildman–Crippen LogP) is 4.04. The van der Waals surface area contributed by atoms with Crippen LogP contribution in [0.2, 0.25) is 0 Å². The minimum atomic E-state index is 0.110. The summed E-state index contributed by atoms with van der Waals surface area (Å²) < 4.78 is 5.36. The van der Waals surface area contributed by atoms with Gasteiger partial charge in [-0.05, 0) is 30.2 Å². The van der Waals surface area contributed by atoms with E-state index in [0.29, 0.717) is 13.0 Å². The van der Waals surface area contributed by atoms with E-state index < -0.39 is 0 Å². The van der Waals surface area contributed by atoms with Gasteiger partial charge in [0.2, 0.25) is 5.91 Å². The number of hydrogen-bond donors (Lipinski definition) is 1. The van der Waals surface area contributed by atoms with Crippen LogP contribution in [0.25, 0.3) is 10.9 Å². The lowest BCUT2D eigenvalue weighted by atomic mass is 10.0. The van der Waals surface area contributed by atoms with Crippen molar-refractivity contribution in [2.75, 3.05) is 7.11 Å². The van der Waals surface area contributed by atoms with E-state index in [0.717, 1.165) is 28.6 Å². The topological polar surface area (TPSA) is 45.3 Å². The highest BCUT2D eigenvalue weighted by molar-refractivity contribution is 5.87. The van der Waals surface area contributed by atoms with E-state index in [2.05, 4.69) is 17.1 Å². The zero-order valence-corrected chi connectivity index (χ0v) is 13.7. The third-order valence-electron chi connectivity index (χ3n) is 4.80. The van der Waals surface area contributed by atoms with E-state index in [1.165, 1.54) is 5.56 Å². The summed E-state index contributed by atoms with van der Waals surface area (Å²) in [6, 6.07) is 16.3. The average Bonchev–Trinajstić information content (AvgIpc) is 3.19. The Balaban J connectivity index is 1.70. The molecular weight excluding hydrogens is 300 g/mol. The highest BCUT2D eigenvalue weighted by Crippen LogP contribution is 2.38. The smallest absolute Gasteiger partial charge is 0.223 e. The highest BCUT2D eigenvalue weighted by Gasteiger charge is 2.33. The fourth-order valence-corrected chi connectivity index (χ4v) is 3.56. The molecule has 1 aliphatic rings. The number of methoxy groups -OCH3 is 1. The summed E-state index contributed by atoms with van der Waals surface area (Å²) in [5, 5.41) is 1.13. The number of nitrogens with one attached hydrogen (secondary N) is 1. The minimum Gasteiger partial charge on any atom is -0.497 e. The maximum absolute atomic E-state index is 12.4. The largest absolute Gasteiger partial charge is 0.497 e. The van der Waals surface area contributed by atoms with Crippen LogP contribution in [0.4, 0.5) is 0 Å². The van der Waals surface area contributed by atoms with Crippen molar-refractivity contribution >= 4 is 16.8 Å². The molecule has 2 aromatic carbocycles. The summed E-state index contributed by atoms with van der Waals surface area (Å²) in [5.74, 6) is 1.06. The average molecular weight is 320 g/mol. The second-order valence-electron chi connectivity index (χ2n) is 6.22. The van der Waals surface area contributed by atoms with Crippen molar-refractivity contribution in [3.05, 3.63) is 65.9 Å². The molecule has 1 saturated heterocycles. The second-order valence-corrected chi connectivity index (χ2v) is 6.22. The molecule has 4 nitrogen and oxygen atoms in total. The Hall–Kier alpha value is -2.75. The van der Waals surface area contributed by atoms with Crippen molar-refractivity contribution in [3.63, 3.8) is 0 Å². The first-order chi connectivity index (χ1) is 11.8. The van der Waals surface area contributed by atoms with Crippen LogP contribution < -0.4 is 4.74 Å². The number of amides is 1. The van der Waals surface area contributed by atoms with Crippen molar-refractivity contribution < 1.29 is 9.53 Å². The van der Waals surface area contributed by atoms with Gasteiger partial charge in [0.05, 0.1) is 13.2 Å². The van der Waals surface area contributed by atoms with E-state index in [4.69, 9.17) is 4.74 Å². The lowest BCUT2D eigenvalue weighted by Crippen LogP contribution is -2.27. The Labute approximate surface area is 141 Å². The van der Waals surface area contributed by atoms with Crippen molar-refractivity contribution in [2.45, 2.75) is 25.4 Å². The number of fused-ring (bicyclic) bond motifs is 1. The van der Waals surface area contributed by atoms with Crippen molar-refractivity contribution in [1.82, 2.24) is 9.88 Å². The van der Waals surface area contributed by atoms with Crippen LogP contribution >= 0.6 is 0 Å². The van der Waals surface area contributed by atoms with Gasteiger partial charge in [0.25, 0.3) is 0 Å². The normalized spacial score (nSPS) is 17.6. The molecule has 3 aromatic rings. The van der Waals surface area contributed by atoms with Gasteiger partial charge in [-0.1, -0.05) is 30.3 Å². The van der Waals surface area contributed by atoms with Crippen LogP contribution in [0.5, 0.6) is 5.75 Å². The Kier molecular flexibility index (Phi) is 3.73. The first kappa shape index (κ1) is 14.8. The number of aromatic amines is 1. The fourth-order valence-electron chi connectivity index (χ4n) is 3.56. The van der Waals surface area contributed by atoms with Crippen molar-refractivity contribution in [1.29, 1.82) is 0 Å². The van der Waals surface area contributed by atoms with Crippen LogP contribution in [0.1, 0.15) is 30.0 Å². The summed E-state index contributed by atoms with van der Waals surface area (Å²) in [7, 11) is 1.67. The molecule has 0 aliphatic carbocycles. The van der Waals surface area contributed by atoms with Gasteiger partial charge in [-0.15, -0.1) is 0 Å². The standard InChI is InChI=1S/C20H20N2O2/c1-24-15-7-8-18-16(11-15)17(12-21-18)19-9-10-20(23)22(19)13-14-5-3-2-4-6-14/h2-8,11-12,19,21H,9-10,13H2,1H3/t19-/m1/s1. The first-order valence-corrected chi connectivity index (χ1v) is 8.24. The molecule has 0 radical (unpaired) electrons. The number of carbonyl (C=O) groups is 1. The molecule has 1 aliphatic heterocycles. The summed E-state index contributed by atoms with van der Waals surface area (Å²) in [6.07, 6.45) is 3.50. The number of likely N-dealkylation sites (tertiary alicyclic amines) is 1. The molecule has 4 heteroatoms. The first-order valence-electron chi connectivity index (χ1n) is 8.24. The molecule has 0 spiro atoms. The monoisotopic (exact) mass is 320 g/mol. The van der Waals surface area contributed by atoms with Gasteiger partial charge in [-0.25, -0.2) is 0 Å². The molecule has 1 aromatic heterocycles. The summed E-state index contributed by atoms with van der Waals surface area (Å²) in [6.45, 7) is 0.654. The Morgan fingerprint density at radius 1 is 1.21 bits per heavy atom. The maximum atomic E-state index is 12.4. The number of rotatable bonds is 4. The zero-order chi connectivity index (χ0) is 16.5. The SMILES string of the molecule is COc1ccc2[nH]cc([C@H]3CCC(=O)N3Cc3ccccc3)c2c1. The Morgan fingerprint density at radius 3 is 2.83 bits per heavy atom. The molecule has 1 amide bonds. The molecule has 24 heavy (non-hydrogen) atoms. The lowest BCUT2D eigenvalue weighted by molar-refractivity contribution is -0.129. The molecule has 4 rings (SSSR count). The van der Waals surface area contributed by atoms with E-state index in [9.17, 15) is 4.79 Å². The number of nitrogens with zero attached hydrogens (tertiary/aromatic N) is 1. The number of carbonyl (C=O) groups excluding carboxylic acids is 1. The Morgan fingerprint density at radius 2 is 2.04 bits per heavy atom. The zero-order valence-electron chi connectivity index (χ0n) is 13.7. The molecule has 1 atom stereocenters. The van der Waals surface area contributed by atoms with Crippen molar-refractivity contribution in [3.8, 4) is 5.75 Å². The van der Waals surface area contributed by atoms with Crippen LogP contribution in [-0.2, 0) is 11.3 Å². The van der Waals surface area contributed by atoms with Gasteiger partial charge in [-0.3, -0.25) is 4.79 Å². The molecule has 0 unspecified atom stereocenters. The summed E-state index contributed by atoms with van der Waals surface area (Å²) >= 11 is 0. The maximum Gasteiger partial charge on any atom is 0.223 e. The molecule has 122 valence electrons. The predicted molar refractivity (Wildman–Crippen MR) is 93.8 cm³/mol. The Bertz CT molecular complexity index is 870. The van der Waals surface area contributed by atoms with E-state index >= 15 is 0 Å². The molecule has 0 bridgehead atoms. The van der Waals surface area contributed by atoms with Gasteiger partial charge >= 0.3 is 0 Å². The fraction of sp³-hybridized carbons (Fsp3) is 0.250. The minimum absolute atomic E-state index is 0.110. The van der Waals surface area contributed by atoms with Crippen LogP contribution in [-0.4, -0.2) is 22.9 Å². The number of ether oxygens (including phenoxy) is 1. The number of benzene rings is 2. The van der Waals surface area contributed by atoms with Crippen LogP contribution in [0, 0.1) is 0 Å². The number of H-pyrrole nitrogens is 1. The van der Waals surface area contributed by atoms with E-state index in [1.54, 1.807) is 7.11 Å². The summed E-state index contributed by atoms with van der Waals surface area (Å²) in [5.41, 5.74) is 3.41. The lowest BCUT2D eigenvalue weighted by Gasteiger charge is -2.25. The van der Waals surface area contributed by atoms with Gasteiger partial charge in [0.15, 0.2) is 0 Å². The van der Waals surface area contributed by atoms with E-state index in [-0.39, 0.29) is 11.9 Å².